The lowest BCUT2D eigenvalue weighted by atomic mass is 10.1. The molecule has 0 radical (unpaired) electrons. The minimum absolute atomic E-state index is 0.0372. The predicted octanol–water partition coefficient (Wildman–Crippen LogP) is 4.81. The molecule has 4 rings (SSSR count). The summed E-state index contributed by atoms with van der Waals surface area (Å²) in [5.74, 6) is 0.409. The van der Waals surface area contributed by atoms with E-state index in [1.54, 1.807) is 12.1 Å². The van der Waals surface area contributed by atoms with Gasteiger partial charge in [-0.3, -0.25) is 0 Å². The second kappa shape index (κ2) is 9.06. The number of methoxy groups -OCH3 is 2. The minimum Gasteiger partial charge on any atom is -0.493 e. The molecule has 0 spiro atoms. The van der Waals surface area contributed by atoms with E-state index in [0.29, 0.717) is 33.9 Å². The summed E-state index contributed by atoms with van der Waals surface area (Å²) < 4.78 is 41.9. The molecule has 0 unspecified atom stereocenters. The summed E-state index contributed by atoms with van der Waals surface area (Å²) in [5.41, 5.74) is 2.35. The standard InChI is InChI=1S/C24H21FO6/c1-27-21-12-16(23(26)28-2)8-9-20(21)29-13-17-10-19(25)11-18-14-30-24(31-22(17)18)15-6-4-3-5-7-15/h3-12,24H,13-14H2,1-2H3/t24-/m0/s1. The number of hydrogen-bond acceptors (Lipinski definition) is 6. The third kappa shape index (κ3) is 4.46. The Morgan fingerprint density at radius 3 is 2.61 bits per heavy atom. The molecule has 0 bridgehead atoms. The average molecular weight is 424 g/mol. The number of rotatable bonds is 6. The number of carbonyl (C=O) groups is 1. The van der Waals surface area contributed by atoms with Crippen molar-refractivity contribution in [1.29, 1.82) is 0 Å². The van der Waals surface area contributed by atoms with Gasteiger partial charge in [-0.15, -0.1) is 0 Å². The molecule has 7 heteroatoms. The number of hydrogen-bond donors (Lipinski definition) is 0. The molecule has 1 aliphatic heterocycles. The summed E-state index contributed by atoms with van der Waals surface area (Å²) in [6, 6.07) is 17.0. The second-order valence-corrected chi connectivity index (χ2v) is 6.87. The van der Waals surface area contributed by atoms with Crippen LogP contribution in [0.5, 0.6) is 17.2 Å². The number of ether oxygens (including phenoxy) is 5. The Morgan fingerprint density at radius 1 is 1.06 bits per heavy atom. The van der Waals surface area contributed by atoms with Crippen molar-refractivity contribution in [1.82, 2.24) is 0 Å². The first-order valence-corrected chi connectivity index (χ1v) is 9.62. The molecule has 0 fully saturated rings. The molecule has 0 amide bonds. The van der Waals surface area contributed by atoms with Gasteiger partial charge in [0.25, 0.3) is 0 Å². The molecule has 0 saturated heterocycles. The van der Waals surface area contributed by atoms with Crippen molar-refractivity contribution in [2.45, 2.75) is 19.5 Å². The Hall–Kier alpha value is -3.58. The molecule has 3 aromatic rings. The Balaban J connectivity index is 1.57. The van der Waals surface area contributed by atoms with Crippen LogP contribution in [0.15, 0.2) is 60.7 Å². The highest BCUT2D eigenvalue weighted by Crippen LogP contribution is 2.37. The third-order valence-electron chi connectivity index (χ3n) is 4.86. The van der Waals surface area contributed by atoms with E-state index in [2.05, 4.69) is 0 Å². The van der Waals surface area contributed by atoms with Crippen LogP contribution in [0.1, 0.15) is 33.3 Å². The van der Waals surface area contributed by atoms with E-state index >= 15 is 0 Å². The highest BCUT2D eigenvalue weighted by molar-refractivity contribution is 5.90. The van der Waals surface area contributed by atoms with Crippen LogP contribution in [0.25, 0.3) is 0 Å². The van der Waals surface area contributed by atoms with E-state index in [-0.39, 0.29) is 13.2 Å². The predicted molar refractivity (Wildman–Crippen MR) is 110 cm³/mol. The van der Waals surface area contributed by atoms with Crippen LogP contribution in [0, 0.1) is 5.82 Å². The van der Waals surface area contributed by atoms with Crippen LogP contribution < -0.4 is 14.2 Å². The Kier molecular flexibility index (Phi) is 6.04. The zero-order valence-corrected chi connectivity index (χ0v) is 17.1. The molecule has 1 atom stereocenters. The zero-order chi connectivity index (χ0) is 21.8. The normalized spacial score (nSPS) is 14.9. The van der Waals surface area contributed by atoms with E-state index < -0.39 is 18.1 Å². The molecule has 1 aliphatic rings. The van der Waals surface area contributed by atoms with Crippen LogP contribution in [0.3, 0.4) is 0 Å². The van der Waals surface area contributed by atoms with Crippen LogP contribution >= 0.6 is 0 Å². The number of halogens is 1. The average Bonchev–Trinajstić information content (AvgIpc) is 2.82. The van der Waals surface area contributed by atoms with Gasteiger partial charge in [-0.2, -0.15) is 0 Å². The molecule has 6 nitrogen and oxygen atoms in total. The van der Waals surface area contributed by atoms with E-state index in [1.807, 2.05) is 30.3 Å². The van der Waals surface area contributed by atoms with Gasteiger partial charge in [-0.25, -0.2) is 9.18 Å². The van der Waals surface area contributed by atoms with Gasteiger partial charge >= 0.3 is 5.97 Å². The first kappa shape index (κ1) is 20.7. The lowest BCUT2D eigenvalue weighted by Gasteiger charge is -2.28. The van der Waals surface area contributed by atoms with Crippen molar-refractivity contribution in [3.05, 3.63) is 88.7 Å². The van der Waals surface area contributed by atoms with Gasteiger partial charge in [0.15, 0.2) is 11.5 Å². The SMILES string of the molecule is COC(=O)c1ccc(OCc2cc(F)cc3c2O[C@@H](c2ccccc2)OC3)c(OC)c1. The highest BCUT2D eigenvalue weighted by Gasteiger charge is 2.25. The summed E-state index contributed by atoms with van der Waals surface area (Å²) in [4.78, 5) is 11.7. The maximum Gasteiger partial charge on any atom is 0.337 e. The largest absolute Gasteiger partial charge is 0.493 e. The van der Waals surface area contributed by atoms with Crippen molar-refractivity contribution in [2.75, 3.05) is 14.2 Å². The smallest absolute Gasteiger partial charge is 0.337 e. The van der Waals surface area contributed by atoms with Gasteiger partial charge in [0.2, 0.25) is 6.29 Å². The summed E-state index contributed by atoms with van der Waals surface area (Å²) in [7, 11) is 2.77. The van der Waals surface area contributed by atoms with E-state index in [4.69, 9.17) is 23.7 Å². The van der Waals surface area contributed by atoms with Crippen molar-refractivity contribution in [3.8, 4) is 17.2 Å². The monoisotopic (exact) mass is 424 g/mol. The number of fused-ring (bicyclic) bond motifs is 1. The fraction of sp³-hybridized carbons (Fsp3) is 0.208. The molecular weight excluding hydrogens is 403 g/mol. The topological polar surface area (TPSA) is 63.2 Å². The van der Waals surface area contributed by atoms with Gasteiger partial charge in [0.05, 0.1) is 26.4 Å². The maximum absolute atomic E-state index is 14.2. The van der Waals surface area contributed by atoms with Crippen LogP contribution in [-0.2, 0) is 22.7 Å². The summed E-state index contributed by atoms with van der Waals surface area (Å²) >= 11 is 0. The van der Waals surface area contributed by atoms with Gasteiger partial charge < -0.3 is 23.7 Å². The van der Waals surface area contributed by atoms with Gasteiger partial charge in [0.1, 0.15) is 18.2 Å². The number of esters is 1. The first-order chi connectivity index (χ1) is 15.1. The summed E-state index contributed by atoms with van der Waals surface area (Å²) in [6.07, 6.45) is -0.591. The second-order valence-electron chi connectivity index (χ2n) is 6.87. The van der Waals surface area contributed by atoms with Crippen molar-refractivity contribution in [2.24, 2.45) is 0 Å². The molecule has 0 aliphatic carbocycles. The van der Waals surface area contributed by atoms with Gasteiger partial charge in [0, 0.05) is 16.7 Å². The molecular formula is C24H21FO6. The molecule has 1 heterocycles. The zero-order valence-electron chi connectivity index (χ0n) is 17.1. The molecule has 0 N–H and O–H groups in total. The van der Waals surface area contributed by atoms with E-state index in [9.17, 15) is 9.18 Å². The lowest BCUT2D eigenvalue weighted by molar-refractivity contribution is -0.112. The van der Waals surface area contributed by atoms with Crippen molar-refractivity contribution >= 4 is 5.97 Å². The maximum atomic E-state index is 14.2. The summed E-state index contributed by atoms with van der Waals surface area (Å²) in [6.45, 7) is 0.256. The molecule has 31 heavy (non-hydrogen) atoms. The van der Waals surface area contributed by atoms with Crippen molar-refractivity contribution < 1.29 is 32.9 Å². The molecule has 3 aromatic carbocycles. The Morgan fingerprint density at radius 2 is 1.87 bits per heavy atom. The third-order valence-corrected chi connectivity index (χ3v) is 4.86. The molecule has 0 aromatic heterocycles. The van der Waals surface area contributed by atoms with Crippen LogP contribution in [0.4, 0.5) is 4.39 Å². The fourth-order valence-corrected chi connectivity index (χ4v) is 3.35. The number of benzene rings is 3. The first-order valence-electron chi connectivity index (χ1n) is 9.62. The minimum atomic E-state index is -0.591. The summed E-state index contributed by atoms with van der Waals surface area (Å²) in [5, 5.41) is 0. The van der Waals surface area contributed by atoms with Crippen molar-refractivity contribution in [3.63, 3.8) is 0 Å². The van der Waals surface area contributed by atoms with Crippen LogP contribution in [-0.4, -0.2) is 20.2 Å². The molecule has 160 valence electrons. The van der Waals surface area contributed by atoms with Gasteiger partial charge in [-0.05, 0) is 30.3 Å². The lowest BCUT2D eigenvalue weighted by Crippen LogP contribution is -2.19. The van der Waals surface area contributed by atoms with Gasteiger partial charge in [-0.1, -0.05) is 30.3 Å². The van der Waals surface area contributed by atoms with E-state index in [0.717, 1.165) is 5.56 Å². The highest BCUT2D eigenvalue weighted by atomic mass is 19.1. The fourth-order valence-electron chi connectivity index (χ4n) is 3.35. The number of carbonyl (C=O) groups excluding carboxylic acids is 1. The van der Waals surface area contributed by atoms with E-state index in [1.165, 1.54) is 32.4 Å². The Bertz CT molecular complexity index is 1080. The molecule has 0 saturated carbocycles. The quantitative estimate of drug-likeness (QED) is 0.530. The van der Waals surface area contributed by atoms with Crippen LogP contribution in [0.2, 0.25) is 0 Å². The Labute approximate surface area is 179 Å².